The van der Waals surface area contributed by atoms with E-state index in [2.05, 4.69) is 98.8 Å². The van der Waals surface area contributed by atoms with Crippen LogP contribution in [0.1, 0.15) is 32.1 Å². The van der Waals surface area contributed by atoms with E-state index >= 15 is 0 Å². The van der Waals surface area contributed by atoms with Gasteiger partial charge in [0.15, 0.2) is 0 Å². The average Bonchev–Trinajstić information content (AvgIpc) is 3.68. The van der Waals surface area contributed by atoms with Crippen molar-refractivity contribution >= 4 is 11.8 Å². The molecule has 8 heteroatoms. The zero-order valence-corrected chi connectivity index (χ0v) is 32.6. The summed E-state index contributed by atoms with van der Waals surface area (Å²) in [7, 11) is 2.27. The highest BCUT2D eigenvalue weighted by atomic mass is 32.2. The van der Waals surface area contributed by atoms with E-state index in [4.69, 9.17) is 4.74 Å². The molecule has 5 fully saturated rings. The van der Waals surface area contributed by atoms with E-state index in [-0.39, 0.29) is 23.7 Å². The maximum absolute atomic E-state index is 5.84. The van der Waals surface area contributed by atoms with Gasteiger partial charge in [-0.3, -0.25) is 9.80 Å². The topological polar surface area (TPSA) is 28.7 Å². The lowest BCUT2D eigenvalue weighted by Gasteiger charge is -2.43. The van der Waals surface area contributed by atoms with Crippen LogP contribution in [0.2, 0.25) is 0 Å². The van der Waals surface area contributed by atoms with E-state index < -0.39 is 0 Å². The number of ether oxygens (including phenoxy) is 1. The van der Waals surface area contributed by atoms with E-state index in [1.165, 1.54) is 69.8 Å². The summed E-state index contributed by atoms with van der Waals surface area (Å²) in [6.45, 7) is 38.6. The van der Waals surface area contributed by atoms with Crippen molar-refractivity contribution in [3.8, 4) is 0 Å². The third-order valence-electron chi connectivity index (χ3n) is 12.1. The zero-order valence-electron chi connectivity index (χ0n) is 31.8. The maximum atomic E-state index is 5.84. The lowest BCUT2D eigenvalue weighted by atomic mass is 9.70. The van der Waals surface area contributed by atoms with Gasteiger partial charge in [-0.05, 0) is 58.9 Å². The first-order chi connectivity index (χ1) is 24.5. The molecule has 4 atom stereocenters. The molecule has 5 rings (SSSR count). The predicted molar refractivity (Wildman–Crippen MR) is 216 cm³/mol. The van der Waals surface area contributed by atoms with Crippen LogP contribution in [0.15, 0.2) is 61.8 Å². The zero-order chi connectivity index (χ0) is 35.1. The van der Waals surface area contributed by atoms with Gasteiger partial charge in [-0.1, -0.05) is 41.9 Å². The van der Waals surface area contributed by atoms with Gasteiger partial charge in [-0.2, -0.15) is 11.8 Å². The summed E-state index contributed by atoms with van der Waals surface area (Å²) in [6.07, 6.45) is 15.8. The number of hydrogen-bond acceptors (Lipinski definition) is 8. The Hall–Kier alpha value is -1.23. The van der Waals surface area contributed by atoms with Crippen molar-refractivity contribution in [1.29, 1.82) is 0 Å². The van der Waals surface area contributed by atoms with Crippen LogP contribution in [-0.2, 0) is 4.74 Å². The fourth-order valence-corrected chi connectivity index (χ4v) is 9.94. The molecule has 0 aromatic carbocycles. The second-order valence-corrected chi connectivity index (χ2v) is 16.8. The highest BCUT2D eigenvalue weighted by Gasteiger charge is 2.38. The predicted octanol–water partition coefficient (Wildman–Crippen LogP) is 5.28. The summed E-state index contributed by atoms with van der Waals surface area (Å²) in [5, 5.41) is 0. The minimum absolute atomic E-state index is 0.203. The first-order valence-corrected chi connectivity index (χ1v) is 21.2. The van der Waals surface area contributed by atoms with Gasteiger partial charge in [-0.15, -0.1) is 26.3 Å². The average molecular weight is 708 g/mol. The molecular weight excluding hydrogens is 637 g/mol. The molecule has 0 spiro atoms. The summed E-state index contributed by atoms with van der Waals surface area (Å²) in [5.74, 6) is 5.00. The van der Waals surface area contributed by atoms with Crippen molar-refractivity contribution in [2.75, 3.05) is 143 Å². The summed E-state index contributed by atoms with van der Waals surface area (Å²) >= 11 is 2.10. The quantitative estimate of drug-likeness (QED) is 0.168. The van der Waals surface area contributed by atoms with E-state index in [0.717, 1.165) is 98.3 Å². The van der Waals surface area contributed by atoms with Crippen LogP contribution < -0.4 is 0 Å². The highest BCUT2D eigenvalue weighted by molar-refractivity contribution is 7.99. The molecular formula is C42H71N6OS. The van der Waals surface area contributed by atoms with E-state index in [9.17, 15) is 0 Å². The van der Waals surface area contributed by atoms with Crippen LogP contribution in [0.4, 0.5) is 0 Å². The van der Waals surface area contributed by atoms with Gasteiger partial charge in [0.25, 0.3) is 0 Å². The Labute approximate surface area is 311 Å². The van der Waals surface area contributed by atoms with Crippen molar-refractivity contribution in [3.05, 3.63) is 67.7 Å². The summed E-state index contributed by atoms with van der Waals surface area (Å²) in [6, 6.07) is 0. The molecule has 5 aliphatic rings. The number of piperazine rings is 1. The molecule has 0 saturated carbocycles. The van der Waals surface area contributed by atoms with Crippen molar-refractivity contribution in [1.82, 2.24) is 29.4 Å². The minimum atomic E-state index is 0.203. The van der Waals surface area contributed by atoms with Crippen LogP contribution >= 0.6 is 11.8 Å². The molecule has 0 aromatic heterocycles. The van der Waals surface area contributed by atoms with Gasteiger partial charge in [0.05, 0.1) is 13.2 Å². The van der Waals surface area contributed by atoms with Gasteiger partial charge in [-0.25, -0.2) is 0 Å². The lowest BCUT2D eigenvalue weighted by molar-refractivity contribution is 0.0347. The number of thioether (sulfide) groups is 1. The van der Waals surface area contributed by atoms with Crippen molar-refractivity contribution in [3.63, 3.8) is 0 Å². The molecule has 1 radical (unpaired) electrons. The van der Waals surface area contributed by atoms with Gasteiger partial charge in [0.2, 0.25) is 0 Å². The molecule has 5 heterocycles. The Morgan fingerprint density at radius 2 is 1.00 bits per heavy atom. The summed E-state index contributed by atoms with van der Waals surface area (Å²) < 4.78 is 5.84. The number of rotatable bonds is 19. The highest BCUT2D eigenvalue weighted by Crippen LogP contribution is 2.42. The molecule has 0 N–H and O–H groups in total. The Morgan fingerprint density at radius 3 is 1.54 bits per heavy atom. The molecule has 0 aromatic rings. The second-order valence-electron chi connectivity index (χ2n) is 15.5. The number of nitrogens with zero attached hydrogens (tertiary/aromatic N) is 6. The molecule has 50 heavy (non-hydrogen) atoms. The van der Waals surface area contributed by atoms with Crippen LogP contribution in [0.3, 0.4) is 0 Å². The smallest absolute Gasteiger partial charge is 0.0594 e. The van der Waals surface area contributed by atoms with Crippen molar-refractivity contribution < 1.29 is 4.74 Å². The van der Waals surface area contributed by atoms with Gasteiger partial charge < -0.3 is 24.3 Å². The minimum Gasteiger partial charge on any atom is -0.379 e. The van der Waals surface area contributed by atoms with E-state index in [1.54, 1.807) is 17.1 Å². The number of likely N-dealkylation sites (N-methyl/N-ethyl adjacent to an activating group) is 1. The second kappa shape index (κ2) is 21.5. The number of hydrogen-bond donors (Lipinski definition) is 0. The van der Waals surface area contributed by atoms with Crippen LogP contribution in [0.25, 0.3) is 0 Å². The SMILES string of the molecule is C=CC(CN1CCSCC1)[C](CN1CCN(C)CC1)C(=C(C(C=C)CN1CCCCC1)C(C=C)CN1CCCC1)C(C=C)CN1CCOCC1. The normalized spacial score (nSPS) is 25.9. The number of morpholine rings is 1. The number of piperidine rings is 1. The Morgan fingerprint density at radius 1 is 0.540 bits per heavy atom. The summed E-state index contributed by atoms with van der Waals surface area (Å²) in [4.78, 5) is 16.0. The van der Waals surface area contributed by atoms with Crippen LogP contribution in [0.5, 0.6) is 0 Å². The van der Waals surface area contributed by atoms with E-state index in [1.807, 2.05) is 0 Å². The maximum Gasteiger partial charge on any atom is 0.0594 e. The lowest BCUT2D eigenvalue weighted by Crippen LogP contribution is -2.49. The van der Waals surface area contributed by atoms with Gasteiger partial charge in [0.1, 0.15) is 0 Å². The van der Waals surface area contributed by atoms with E-state index in [0.29, 0.717) is 0 Å². The Kier molecular flexibility index (Phi) is 17.2. The first-order valence-electron chi connectivity index (χ1n) is 20.1. The Bertz CT molecular complexity index is 1070. The molecule has 281 valence electrons. The fraction of sp³-hybridized carbons (Fsp3) is 0.738. The summed E-state index contributed by atoms with van der Waals surface area (Å²) in [5.41, 5.74) is 3.11. The third kappa shape index (κ3) is 11.6. The van der Waals surface area contributed by atoms with Gasteiger partial charge in [0, 0.05) is 126 Å². The third-order valence-corrected chi connectivity index (χ3v) is 13.0. The molecule has 0 aliphatic carbocycles. The largest absolute Gasteiger partial charge is 0.379 e. The molecule has 4 unspecified atom stereocenters. The van der Waals surface area contributed by atoms with Crippen LogP contribution in [-0.4, -0.2) is 172 Å². The standard InChI is InChI=1S/C42H71N6OS/c1-6-36(31-48-25-29-50-30-26-48)40(35-46-21-19-43(5)20-22-46)42(39(9-4)34-47-23-27-49-28-24-47)41(38(8-3)33-45-17-13-14-18-45)37(7-2)32-44-15-11-10-12-16-44/h6-9,36-39H,1-4,10-35H2,5H3. The fourth-order valence-electron chi connectivity index (χ4n) is 8.96. The monoisotopic (exact) mass is 708 g/mol. The molecule has 0 amide bonds. The van der Waals surface area contributed by atoms with Crippen molar-refractivity contribution in [2.24, 2.45) is 23.7 Å². The molecule has 5 aliphatic heterocycles. The molecule has 0 bridgehead atoms. The van der Waals surface area contributed by atoms with Crippen molar-refractivity contribution in [2.45, 2.75) is 32.1 Å². The Balaban J connectivity index is 1.65. The van der Waals surface area contributed by atoms with Crippen LogP contribution in [0, 0.1) is 29.6 Å². The molecule has 5 saturated heterocycles. The molecule has 7 nitrogen and oxygen atoms in total. The first kappa shape index (κ1) is 40.0. The van der Waals surface area contributed by atoms with Gasteiger partial charge >= 0.3 is 0 Å². The number of likely N-dealkylation sites (tertiary alicyclic amines) is 2.